The summed E-state index contributed by atoms with van der Waals surface area (Å²) in [5.74, 6) is -0.0313. The van der Waals surface area contributed by atoms with Crippen molar-refractivity contribution in [1.29, 1.82) is 0 Å². The van der Waals surface area contributed by atoms with Gasteiger partial charge in [-0.2, -0.15) is 0 Å². The van der Waals surface area contributed by atoms with Crippen LogP contribution in [0.4, 0.5) is 5.69 Å². The Balaban J connectivity index is 2.04. The molecule has 6 heteroatoms. The Morgan fingerprint density at radius 2 is 2.24 bits per heavy atom. The Morgan fingerprint density at radius 1 is 1.48 bits per heavy atom. The van der Waals surface area contributed by atoms with Crippen LogP contribution < -0.4 is 5.32 Å². The van der Waals surface area contributed by atoms with Crippen LogP contribution in [0, 0.1) is 23.0 Å². The van der Waals surface area contributed by atoms with Crippen molar-refractivity contribution in [3.05, 3.63) is 39.4 Å². The molecule has 1 aromatic carbocycles. The van der Waals surface area contributed by atoms with E-state index in [1.807, 2.05) is 0 Å². The number of nitro groups is 1. The average molecular weight is 311 g/mol. The van der Waals surface area contributed by atoms with Gasteiger partial charge in [-0.15, -0.1) is 11.6 Å². The van der Waals surface area contributed by atoms with Gasteiger partial charge in [0.1, 0.15) is 5.56 Å². The molecular formula is C15H19ClN2O3. The zero-order valence-electron chi connectivity index (χ0n) is 12.0. The molecule has 2 atom stereocenters. The largest absolute Gasteiger partial charge is 0.352 e. The first-order valence-electron chi connectivity index (χ1n) is 7.15. The molecule has 1 aromatic rings. The van der Waals surface area contributed by atoms with Crippen LogP contribution in [0.25, 0.3) is 0 Å². The Hall–Kier alpha value is -1.62. The first-order chi connectivity index (χ1) is 9.99. The zero-order valence-corrected chi connectivity index (χ0v) is 12.7. The van der Waals surface area contributed by atoms with Gasteiger partial charge in [-0.05, 0) is 38.2 Å². The van der Waals surface area contributed by atoms with E-state index in [2.05, 4.69) is 5.32 Å². The molecule has 21 heavy (non-hydrogen) atoms. The SMILES string of the molecule is Cc1cccc(C(=O)NCC2CCCC(Cl)C2)c1[N+](=O)[O-]. The number of para-hydroxylation sites is 1. The summed E-state index contributed by atoms with van der Waals surface area (Å²) in [6, 6.07) is 4.78. The fourth-order valence-electron chi connectivity index (χ4n) is 2.83. The van der Waals surface area contributed by atoms with Crippen molar-refractivity contribution >= 4 is 23.2 Å². The summed E-state index contributed by atoms with van der Waals surface area (Å²) >= 11 is 6.13. The fraction of sp³-hybridized carbons (Fsp3) is 0.533. The molecule has 1 aliphatic carbocycles. The minimum Gasteiger partial charge on any atom is -0.352 e. The highest BCUT2D eigenvalue weighted by Crippen LogP contribution is 2.27. The summed E-state index contributed by atoms with van der Waals surface area (Å²) in [4.78, 5) is 22.8. The Kier molecular flexibility index (Phi) is 5.17. The summed E-state index contributed by atoms with van der Waals surface area (Å²) in [5.41, 5.74) is 0.498. The topological polar surface area (TPSA) is 72.2 Å². The lowest BCUT2D eigenvalue weighted by Gasteiger charge is -2.25. The number of nitrogens with zero attached hydrogens (tertiary/aromatic N) is 1. The third-order valence-electron chi connectivity index (χ3n) is 3.94. The molecule has 0 aromatic heterocycles. The molecule has 1 N–H and O–H groups in total. The van der Waals surface area contributed by atoms with Crippen LogP contribution in [0.3, 0.4) is 0 Å². The molecule has 1 amide bonds. The predicted molar refractivity (Wildman–Crippen MR) is 81.8 cm³/mol. The van der Waals surface area contributed by atoms with Gasteiger partial charge >= 0.3 is 0 Å². The molecule has 114 valence electrons. The smallest absolute Gasteiger partial charge is 0.285 e. The molecule has 0 saturated heterocycles. The summed E-state index contributed by atoms with van der Waals surface area (Å²) < 4.78 is 0. The molecule has 1 fully saturated rings. The van der Waals surface area contributed by atoms with Crippen molar-refractivity contribution in [2.45, 2.75) is 38.0 Å². The molecule has 2 rings (SSSR count). The van der Waals surface area contributed by atoms with Crippen molar-refractivity contribution in [2.75, 3.05) is 6.54 Å². The molecule has 0 bridgehead atoms. The minimum absolute atomic E-state index is 0.117. The molecular weight excluding hydrogens is 292 g/mol. The van der Waals surface area contributed by atoms with Gasteiger partial charge in [0.05, 0.1) is 4.92 Å². The van der Waals surface area contributed by atoms with Gasteiger partial charge in [-0.25, -0.2) is 0 Å². The van der Waals surface area contributed by atoms with Crippen LogP contribution in [0.2, 0.25) is 0 Å². The number of aryl methyl sites for hydroxylation is 1. The van der Waals surface area contributed by atoms with Gasteiger partial charge < -0.3 is 5.32 Å². The van der Waals surface area contributed by atoms with Gasteiger partial charge in [0.25, 0.3) is 11.6 Å². The van der Waals surface area contributed by atoms with E-state index >= 15 is 0 Å². The number of carbonyl (C=O) groups is 1. The first-order valence-corrected chi connectivity index (χ1v) is 7.59. The van der Waals surface area contributed by atoms with Crippen LogP contribution >= 0.6 is 11.6 Å². The summed E-state index contributed by atoms with van der Waals surface area (Å²) in [7, 11) is 0. The first kappa shape index (κ1) is 15.8. The molecule has 5 nitrogen and oxygen atoms in total. The fourth-order valence-corrected chi connectivity index (χ4v) is 3.23. The van der Waals surface area contributed by atoms with Crippen molar-refractivity contribution in [3.8, 4) is 0 Å². The highest BCUT2D eigenvalue weighted by Gasteiger charge is 2.24. The van der Waals surface area contributed by atoms with Crippen LogP contribution in [0.1, 0.15) is 41.6 Å². The van der Waals surface area contributed by atoms with Gasteiger partial charge in [0.2, 0.25) is 0 Å². The van der Waals surface area contributed by atoms with E-state index in [9.17, 15) is 14.9 Å². The lowest BCUT2D eigenvalue weighted by atomic mass is 9.89. The average Bonchev–Trinajstić information content (AvgIpc) is 2.44. The number of alkyl halides is 1. The third kappa shape index (κ3) is 3.94. The molecule has 1 saturated carbocycles. The second kappa shape index (κ2) is 6.89. The third-order valence-corrected chi connectivity index (χ3v) is 4.33. The summed E-state index contributed by atoms with van der Waals surface area (Å²) in [5, 5.41) is 14.1. The van der Waals surface area contributed by atoms with E-state index in [4.69, 9.17) is 11.6 Å². The maximum atomic E-state index is 12.2. The van der Waals surface area contributed by atoms with Gasteiger partial charge in [0, 0.05) is 17.5 Å². The van der Waals surface area contributed by atoms with Gasteiger partial charge in [-0.1, -0.05) is 18.6 Å². The molecule has 2 unspecified atom stereocenters. The number of nitro benzene ring substituents is 1. The summed E-state index contributed by atoms with van der Waals surface area (Å²) in [6.07, 6.45) is 4.02. The van der Waals surface area contributed by atoms with Crippen molar-refractivity contribution in [1.82, 2.24) is 5.32 Å². The normalized spacial score (nSPS) is 21.8. The number of halogens is 1. The number of hydrogen-bond donors (Lipinski definition) is 1. The van der Waals surface area contributed by atoms with Gasteiger partial charge in [-0.3, -0.25) is 14.9 Å². The van der Waals surface area contributed by atoms with E-state index in [0.717, 1.165) is 25.7 Å². The molecule has 0 heterocycles. The highest BCUT2D eigenvalue weighted by molar-refractivity contribution is 6.20. The van der Waals surface area contributed by atoms with E-state index in [0.29, 0.717) is 18.0 Å². The molecule has 0 aliphatic heterocycles. The van der Waals surface area contributed by atoms with Gasteiger partial charge in [0.15, 0.2) is 0 Å². The predicted octanol–water partition coefficient (Wildman–Crippen LogP) is 3.43. The van der Waals surface area contributed by atoms with E-state index in [1.54, 1.807) is 19.1 Å². The Bertz CT molecular complexity index is 548. The second-order valence-corrected chi connectivity index (χ2v) is 6.19. The minimum atomic E-state index is -0.500. The summed E-state index contributed by atoms with van der Waals surface area (Å²) in [6.45, 7) is 2.15. The van der Waals surface area contributed by atoms with E-state index in [-0.39, 0.29) is 22.5 Å². The Labute approximate surface area is 128 Å². The van der Waals surface area contributed by atoms with Crippen molar-refractivity contribution in [2.24, 2.45) is 5.92 Å². The number of hydrogen-bond acceptors (Lipinski definition) is 3. The number of rotatable bonds is 4. The Morgan fingerprint density at radius 3 is 2.90 bits per heavy atom. The monoisotopic (exact) mass is 310 g/mol. The van der Waals surface area contributed by atoms with Crippen LogP contribution in [0.15, 0.2) is 18.2 Å². The quantitative estimate of drug-likeness (QED) is 0.526. The van der Waals surface area contributed by atoms with Crippen LogP contribution in [0.5, 0.6) is 0 Å². The lowest BCUT2D eigenvalue weighted by molar-refractivity contribution is -0.385. The van der Waals surface area contributed by atoms with E-state index in [1.165, 1.54) is 6.07 Å². The number of amides is 1. The lowest BCUT2D eigenvalue weighted by Crippen LogP contribution is -2.32. The molecule has 0 radical (unpaired) electrons. The van der Waals surface area contributed by atoms with Crippen LogP contribution in [-0.4, -0.2) is 22.8 Å². The zero-order chi connectivity index (χ0) is 15.4. The number of nitrogens with one attached hydrogen (secondary N) is 1. The second-order valence-electron chi connectivity index (χ2n) is 5.57. The highest BCUT2D eigenvalue weighted by atomic mass is 35.5. The standard InChI is InChI=1S/C15H19ClN2O3/c1-10-4-2-7-13(14(10)18(20)21)15(19)17-9-11-5-3-6-12(16)8-11/h2,4,7,11-12H,3,5-6,8-9H2,1H3,(H,17,19). The molecule has 1 aliphatic rings. The van der Waals surface area contributed by atoms with E-state index < -0.39 is 4.92 Å². The van der Waals surface area contributed by atoms with Crippen molar-refractivity contribution < 1.29 is 9.72 Å². The van der Waals surface area contributed by atoms with Crippen LogP contribution in [-0.2, 0) is 0 Å². The van der Waals surface area contributed by atoms with Crippen molar-refractivity contribution in [3.63, 3.8) is 0 Å². The molecule has 0 spiro atoms. The maximum Gasteiger partial charge on any atom is 0.285 e. The maximum absolute atomic E-state index is 12.2. The number of benzene rings is 1. The number of carbonyl (C=O) groups excluding carboxylic acids is 1.